The molecule has 11 heteroatoms. The minimum atomic E-state index is -3.75. The summed E-state index contributed by atoms with van der Waals surface area (Å²) in [7, 11) is -3.75. The van der Waals surface area contributed by atoms with Crippen molar-refractivity contribution in [1.29, 1.82) is 0 Å². The maximum absolute atomic E-state index is 14.0. The van der Waals surface area contributed by atoms with Gasteiger partial charge in [0.25, 0.3) is 0 Å². The van der Waals surface area contributed by atoms with Gasteiger partial charge in [0.2, 0.25) is 27.7 Å². The number of aromatic nitrogens is 2. The average molecular weight is 572 g/mol. The number of H-pyrrole nitrogens is 1. The molecule has 210 valence electrons. The van der Waals surface area contributed by atoms with Crippen molar-refractivity contribution in [2.45, 2.75) is 48.9 Å². The number of amides is 3. The second kappa shape index (κ2) is 10.5. The van der Waals surface area contributed by atoms with Crippen molar-refractivity contribution in [1.82, 2.24) is 25.3 Å². The number of hydrogen-bond donors (Lipinski definition) is 4. The molecule has 6 rings (SSSR count). The second-order valence-corrected chi connectivity index (χ2v) is 12.5. The van der Waals surface area contributed by atoms with E-state index in [-0.39, 0.29) is 24.7 Å². The zero-order valence-electron chi connectivity index (χ0n) is 22.1. The standard InChI is InChI=1S/C30H29N5O5S/c36-26-14-15-30(34-26,18-20-6-2-1-3-7-20)29(38)33-24(28-31-22-8-4-5-9-23(22)32-28)16-19-10-12-21(13-11-19)25-17-27(37)35-41(25,39)40/h1-13,24-25H,14-18H2,(H,31,32)(H,33,38)(H,34,36)(H,35,37)/t24-,25?,30?/m0/s1. The molecule has 3 atom stereocenters. The van der Waals surface area contributed by atoms with Crippen molar-refractivity contribution < 1.29 is 22.8 Å². The predicted molar refractivity (Wildman–Crippen MR) is 152 cm³/mol. The molecule has 2 unspecified atom stereocenters. The van der Waals surface area contributed by atoms with E-state index in [0.29, 0.717) is 30.7 Å². The van der Waals surface area contributed by atoms with E-state index in [1.165, 1.54) is 0 Å². The maximum Gasteiger partial charge on any atom is 0.246 e. The lowest BCUT2D eigenvalue weighted by Gasteiger charge is -2.30. The molecule has 0 spiro atoms. The lowest BCUT2D eigenvalue weighted by molar-refractivity contribution is -0.130. The number of carbonyl (C=O) groups excluding carboxylic acids is 3. The van der Waals surface area contributed by atoms with Crippen LogP contribution in [0.15, 0.2) is 78.9 Å². The van der Waals surface area contributed by atoms with Crippen LogP contribution in [-0.2, 0) is 37.2 Å². The molecule has 4 aromatic rings. The molecule has 3 amide bonds. The van der Waals surface area contributed by atoms with E-state index in [4.69, 9.17) is 4.98 Å². The molecule has 0 bridgehead atoms. The van der Waals surface area contributed by atoms with Gasteiger partial charge >= 0.3 is 0 Å². The SMILES string of the molecule is O=C1CCC(Cc2ccccc2)(C(=O)N[C@@H](Cc2ccc(C3CC(=O)NS3(=O)=O)cc2)c2nc3ccccc3[nH]2)N1. The first-order valence-electron chi connectivity index (χ1n) is 13.4. The molecular weight excluding hydrogens is 542 g/mol. The molecule has 0 saturated carbocycles. The normalized spacial score (nSPS) is 22.3. The number of nitrogens with one attached hydrogen (secondary N) is 4. The molecule has 3 aromatic carbocycles. The van der Waals surface area contributed by atoms with Gasteiger partial charge in [-0.25, -0.2) is 13.4 Å². The zero-order valence-corrected chi connectivity index (χ0v) is 22.9. The smallest absolute Gasteiger partial charge is 0.246 e. The highest BCUT2D eigenvalue weighted by molar-refractivity contribution is 7.90. The minimum Gasteiger partial charge on any atom is -0.344 e. The van der Waals surface area contributed by atoms with E-state index in [2.05, 4.69) is 15.6 Å². The van der Waals surface area contributed by atoms with Gasteiger partial charge < -0.3 is 15.6 Å². The largest absolute Gasteiger partial charge is 0.344 e. The Bertz CT molecular complexity index is 1700. The number of carbonyl (C=O) groups is 3. The van der Waals surface area contributed by atoms with Crippen LogP contribution in [0.2, 0.25) is 0 Å². The summed E-state index contributed by atoms with van der Waals surface area (Å²) in [5.74, 6) is -0.413. The molecule has 2 aliphatic rings. The highest BCUT2D eigenvalue weighted by atomic mass is 32.2. The molecule has 41 heavy (non-hydrogen) atoms. The molecule has 0 radical (unpaired) electrons. The molecule has 2 fully saturated rings. The fourth-order valence-electron chi connectivity index (χ4n) is 5.65. The molecule has 3 heterocycles. The third-order valence-corrected chi connectivity index (χ3v) is 9.48. The van der Waals surface area contributed by atoms with E-state index < -0.39 is 32.8 Å². The molecule has 1 aromatic heterocycles. The summed E-state index contributed by atoms with van der Waals surface area (Å²) < 4.78 is 26.7. The Hall–Kier alpha value is -4.51. The zero-order chi connectivity index (χ0) is 28.6. The number of hydrogen-bond acceptors (Lipinski definition) is 6. The van der Waals surface area contributed by atoms with Crippen LogP contribution in [0.3, 0.4) is 0 Å². The first-order chi connectivity index (χ1) is 19.7. The first-order valence-corrected chi connectivity index (χ1v) is 15.0. The predicted octanol–water partition coefficient (Wildman–Crippen LogP) is 2.75. The summed E-state index contributed by atoms with van der Waals surface area (Å²) >= 11 is 0. The summed E-state index contributed by atoms with van der Waals surface area (Å²) in [5, 5.41) is 5.17. The van der Waals surface area contributed by atoms with E-state index in [1.54, 1.807) is 24.3 Å². The molecule has 4 N–H and O–H groups in total. The summed E-state index contributed by atoms with van der Waals surface area (Å²) in [6.45, 7) is 0. The molecule has 2 aliphatic heterocycles. The highest BCUT2D eigenvalue weighted by Crippen LogP contribution is 2.31. The van der Waals surface area contributed by atoms with Crippen LogP contribution in [-0.4, -0.2) is 41.6 Å². The Morgan fingerprint density at radius 3 is 2.34 bits per heavy atom. The van der Waals surface area contributed by atoms with E-state index in [1.807, 2.05) is 59.3 Å². The highest BCUT2D eigenvalue weighted by Gasteiger charge is 2.45. The van der Waals surface area contributed by atoms with Gasteiger partial charge in [-0.3, -0.25) is 19.1 Å². The summed E-state index contributed by atoms with van der Waals surface area (Å²) in [5.41, 5.74) is 2.79. The fourth-order valence-corrected chi connectivity index (χ4v) is 7.08. The van der Waals surface area contributed by atoms with Crippen LogP contribution in [0.5, 0.6) is 0 Å². The number of para-hydroxylation sites is 2. The number of aromatic amines is 1. The Kier molecular flexibility index (Phi) is 6.82. The van der Waals surface area contributed by atoms with Crippen LogP contribution in [0.25, 0.3) is 11.0 Å². The number of imidazole rings is 1. The summed E-state index contributed by atoms with van der Waals surface area (Å²) in [6, 6.07) is 23.6. The number of benzene rings is 3. The maximum atomic E-state index is 14.0. The third kappa shape index (κ3) is 5.45. The Morgan fingerprint density at radius 1 is 0.951 bits per heavy atom. The monoisotopic (exact) mass is 571 g/mol. The number of sulfonamides is 1. The van der Waals surface area contributed by atoms with E-state index in [0.717, 1.165) is 22.2 Å². The van der Waals surface area contributed by atoms with Crippen LogP contribution in [0.4, 0.5) is 0 Å². The van der Waals surface area contributed by atoms with Crippen LogP contribution < -0.4 is 15.4 Å². The van der Waals surface area contributed by atoms with Crippen molar-refractivity contribution in [3.05, 3.63) is 101 Å². The first kappa shape index (κ1) is 26.7. The van der Waals surface area contributed by atoms with Crippen molar-refractivity contribution in [3.63, 3.8) is 0 Å². The van der Waals surface area contributed by atoms with Crippen LogP contribution in [0, 0.1) is 0 Å². The van der Waals surface area contributed by atoms with Crippen molar-refractivity contribution in [2.75, 3.05) is 0 Å². The average Bonchev–Trinajstić information content (AvgIpc) is 3.63. The topological polar surface area (TPSA) is 150 Å². The molecule has 10 nitrogen and oxygen atoms in total. The Labute approximate surface area is 237 Å². The van der Waals surface area contributed by atoms with Gasteiger partial charge in [0.1, 0.15) is 16.6 Å². The van der Waals surface area contributed by atoms with Gasteiger partial charge in [0.15, 0.2) is 0 Å². The van der Waals surface area contributed by atoms with Gasteiger partial charge in [0, 0.05) is 12.8 Å². The Balaban J connectivity index is 1.29. The van der Waals surface area contributed by atoms with Gasteiger partial charge in [0.05, 0.1) is 23.5 Å². The minimum absolute atomic E-state index is 0.117. The third-order valence-electron chi connectivity index (χ3n) is 7.78. The summed E-state index contributed by atoms with van der Waals surface area (Å²) in [6.07, 6.45) is 1.23. The van der Waals surface area contributed by atoms with Gasteiger partial charge in [-0.05, 0) is 41.7 Å². The van der Waals surface area contributed by atoms with E-state index in [9.17, 15) is 22.8 Å². The second-order valence-electron chi connectivity index (χ2n) is 10.7. The van der Waals surface area contributed by atoms with Crippen molar-refractivity contribution in [2.24, 2.45) is 0 Å². The van der Waals surface area contributed by atoms with Gasteiger partial charge in [-0.1, -0.05) is 66.7 Å². The molecular formula is C30H29N5O5S. The van der Waals surface area contributed by atoms with Crippen LogP contribution in [0.1, 0.15) is 53.1 Å². The number of rotatable bonds is 8. The van der Waals surface area contributed by atoms with Gasteiger partial charge in [-0.2, -0.15) is 0 Å². The van der Waals surface area contributed by atoms with Crippen molar-refractivity contribution >= 4 is 38.8 Å². The van der Waals surface area contributed by atoms with Crippen molar-refractivity contribution in [3.8, 4) is 0 Å². The lowest BCUT2D eigenvalue weighted by atomic mass is 9.87. The summed E-state index contributed by atoms with van der Waals surface area (Å²) in [4.78, 5) is 46.1. The fraction of sp³-hybridized carbons (Fsp3) is 0.267. The molecule has 0 aliphatic carbocycles. The lowest BCUT2D eigenvalue weighted by Crippen LogP contribution is -2.56. The molecule has 2 saturated heterocycles. The van der Waals surface area contributed by atoms with Gasteiger partial charge in [-0.15, -0.1) is 0 Å². The van der Waals surface area contributed by atoms with Crippen LogP contribution >= 0.6 is 0 Å². The van der Waals surface area contributed by atoms with E-state index >= 15 is 0 Å². The Morgan fingerprint density at radius 2 is 1.68 bits per heavy atom. The number of nitrogens with zero attached hydrogens (tertiary/aromatic N) is 1. The number of fused-ring (bicyclic) bond motifs is 1. The quantitative estimate of drug-likeness (QED) is 0.255.